The van der Waals surface area contributed by atoms with E-state index >= 15 is 0 Å². The number of halogens is 1. The molecule has 4 aromatic rings. The second-order valence-corrected chi connectivity index (χ2v) is 6.78. The Balaban J connectivity index is 2.06. The van der Waals surface area contributed by atoms with E-state index in [-0.39, 0.29) is 11.3 Å². The number of nitrogens with one attached hydrogen (secondary N) is 1. The van der Waals surface area contributed by atoms with Gasteiger partial charge < -0.3 is 4.74 Å². The predicted octanol–water partition coefficient (Wildman–Crippen LogP) is 3.91. The fourth-order valence-electron chi connectivity index (χ4n) is 2.92. The number of H-pyrrole nitrogens is 1. The first-order valence-corrected chi connectivity index (χ1v) is 8.93. The number of esters is 1. The van der Waals surface area contributed by atoms with Gasteiger partial charge in [-0.05, 0) is 17.7 Å². The lowest BCUT2D eigenvalue weighted by Gasteiger charge is -2.09. The molecule has 0 unspecified atom stereocenters. The highest BCUT2D eigenvalue weighted by Crippen LogP contribution is 2.29. The maximum Gasteiger partial charge on any atom is 0.356 e. The molecule has 0 spiro atoms. The summed E-state index contributed by atoms with van der Waals surface area (Å²) in [5.41, 5.74) is 2.77. The Bertz CT molecular complexity index is 1200. The van der Waals surface area contributed by atoms with E-state index in [0.29, 0.717) is 16.9 Å². The van der Waals surface area contributed by atoms with E-state index in [0.717, 1.165) is 15.6 Å². The molecule has 1 N–H and O–H groups in total. The van der Waals surface area contributed by atoms with E-state index in [4.69, 9.17) is 4.74 Å². The second kappa shape index (κ2) is 6.85. The maximum absolute atomic E-state index is 13.2. The largest absolute Gasteiger partial charge is 0.464 e. The number of nitrogens with zero attached hydrogens (tertiary/aromatic N) is 2. The van der Waals surface area contributed by atoms with Crippen LogP contribution in [0.15, 0.2) is 69.9 Å². The molecule has 0 atom stereocenters. The lowest BCUT2D eigenvalue weighted by molar-refractivity contribution is 0.0593. The first-order valence-electron chi connectivity index (χ1n) is 8.14. The van der Waals surface area contributed by atoms with Gasteiger partial charge >= 0.3 is 5.97 Å². The molecule has 0 aliphatic rings. The van der Waals surface area contributed by atoms with Gasteiger partial charge in [-0.3, -0.25) is 9.89 Å². The van der Waals surface area contributed by atoms with Crippen LogP contribution in [0.1, 0.15) is 10.5 Å². The van der Waals surface area contributed by atoms with Crippen molar-refractivity contribution in [3.63, 3.8) is 0 Å². The summed E-state index contributed by atoms with van der Waals surface area (Å²) < 4.78 is 6.92. The SMILES string of the molecule is COC(=O)c1cc2nc(-c3ccc(Br)cc3)c(-c3ccccc3)c(=O)n2[nH]1. The summed E-state index contributed by atoms with van der Waals surface area (Å²) in [6.45, 7) is 0. The van der Waals surface area contributed by atoms with Crippen LogP contribution in [0.3, 0.4) is 0 Å². The molecule has 0 bridgehead atoms. The van der Waals surface area contributed by atoms with Crippen molar-refractivity contribution in [2.24, 2.45) is 0 Å². The molecule has 2 aromatic carbocycles. The van der Waals surface area contributed by atoms with E-state index < -0.39 is 5.97 Å². The number of methoxy groups -OCH3 is 1. The van der Waals surface area contributed by atoms with Crippen LogP contribution in [-0.2, 0) is 4.74 Å². The number of fused-ring (bicyclic) bond motifs is 1. The van der Waals surface area contributed by atoms with Gasteiger partial charge in [-0.25, -0.2) is 14.3 Å². The minimum Gasteiger partial charge on any atom is -0.464 e. The fourth-order valence-corrected chi connectivity index (χ4v) is 3.18. The Kier molecular flexibility index (Phi) is 4.37. The van der Waals surface area contributed by atoms with Crippen LogP contribution in [0.4, 0.5) is 0 Å². The topological polar surface area (TPSA) is 76.5 Å². The molecule has 0 fully saturated rings. The third-order valence-electron chi connectivity index (χ3n) is 4.20. The summed E-state index contributed by atoms with van der Waals surface area (Å²) in [6.07, 6.45) is 0. The number of rotatable bonds is 3. The zero-order chi connectivity index (χ0) is 19.0. The monoisotopic (exact) mass is 423 g/mol. The van der Waals surface area contributed by atoms with Crippen LogP contribution >= 0.6 is 15.9 Å². The van der Waals surface area contributed by atoms with Gasteiger partial charge in [0.05, 0.1) is 18.4 Å². The molecule has 0 aliphatic carbocycles. The number of aromatic nitrogens is 3. The Morgan fingerprint density at radius 2 is 1.78 bits per heavy atom. The van der Waals surface area contributed by atoms with Crippen molar-refractivity contribution in [1.29, 1.82) is 0 Å². The standard InChI is InChI=1S/C20H14BrN3O3/c1-27-20(26)15-11-16-22-18(13-7-9-14(21)10-8-13)17(19(25)24(16)23-15)12-5-3-2-4-6-12/h2-11,23H,1H3. The second-order valence-electron chi connectivity index (χ2n) is 5.87. The Morgan fingerprint density at radius 3 is 2.44 bits per heavy atom. The summed E-state index contributed by atoms with van der Waals surface area (Å²) >= 11 is 3.42. The predicted molar refractivity (Wildman–Crippen MR) is 106 cm³/mol. The molecule has 4 rings (SSSR count). The van der Waals surface area contributed by atoms with Crippen LogP contribution in [0.2, 0.25) is 0 Å². The first kappa shape index (κ1) is 17.2. The van der Waals surface area contributed by atoms with Crippen LogP contribution in [0.5, 0.6) is 0 Å². The first-order chi connectivity index (χ1) is 13.1. The molecule has 0 aliphatic heterocycles. The van der Waals surface area contributed by atoms with Gasteiger partial charge in [-0.2, -0.15) is 0 Å². The van der Waals surface area contributed by atoms with Gasteiger partial charge in [0.25, 0.3) is 5.56 Å². The molecule has 2 aromatic heterocycles. The lowest BCUT2D eigenvalue weighted by Crippen LogP contribution is -2.19. The van der Waals surface area contributed by atoms with E-state index in [2.05, 4.69) is 26.0 Å². The molecule has 0 amide bonds. The smallest absolute Gasteiger partial charge is 0.356 e. The van der Waals surface area contributed by atoms with E-state index in [9.17, 15) is 9.59 Å². The highest BCUT2D eigenvalue weighted by atomic mass is 79.9. The van der Waals surface area contributed by atoms with Gasteiger partial charge in [0.2, 0.25) is 0 Å². The number of benzene rings is 2. The van der Waals surface area contributed by atoms with E-state index in [1.54, 1.807) is 0 Å². The highest BCUT2D eigenvalue weighted by molar-refractivity contribution is 9.10. The fraction of sp³-hybridized carbons (Fsp3) is 0.0500. The van der Waals surface area contributed by atoms with Crippen LogP contribution in [-0.4, -0.2) is 27.7 Å². The minimum absolute atomic E-state index is 0.161. The van der Waals surface area contributed by atoms with Gasteiger partial charge in [0.15, 0.2) is 5.65 Å². The zero-order valence-corrected chi connectivity index (χ0v) is 15.9. The molecule has 0 radical (unpaired) electrons. The molecular formula is C20H14BrN3O3. The normalized spacial score (nSPS) is 10.9. The minimum atomic E-state index is -0.564. The van der Waals surface area contributed by atoms with Gasteiger partial charge in [-0.1, -0.05) is 58.4 Å². The van der Waals surface area contributed by atoms with Crippen molar-refractivity contribution in [2.75, 3.05) is 7.11 Å². The average Bonchev–Trinajstić information content (AvgIpc) is 3.13. The molecule has 2 heterocycles. The zero-order valence-electron chi connectivity index (χ0n) is 14.3. The van der Waals surface area contributed by atoms with Gasteiger partial charge in [-0.15, -0.1) is 0 Å². The number of aromatic amines is 1. The van der Waals surface area contributed by atoms with Crippen LogP contribution in [0, 0.1) is 0 Å². The molecule has 7 heteroatoms. The van der Waals surface area contributed by atoms with Crippen LogP contribution < -0.4 is 5.56 Å². The summed E-state index contributed by atoms with van der Waals surface area (Å²) in [6, 6.07) is 18.4. The third-order valence-corrected chi connectivity index (χ3v) is 4.73. The molecule has 0 saturated carbocycles. The molecule has 134 valence electrons. The molecule has 6 nitrogen and oxygen atoms in total. The highest BCUT2D eigenvalue weighted by Gasteiger charge is 2.19. The van der Waals surface area contributed by atoms with Crippen molar-refractivity contribution in [3.8, 4) is 22.4 Å². The van der Waals surface area contributed by atoms with Gasteiger partial charge in [0, 0.05) is 16.1 Å². The van der Waals surface area contributed by atoms with E-state index in [1.807, 2.05) is 54.6 Å². The quantitative estimate of drug-likeness (QED) is 0.506. The van der Waals surface area contributed by atoms with Crippen molar-refractivity contribution >= 4 is 27.5 Å². The Morgan fingerprint density at radius 1 is 1.07 bits per heavy atom. The average molecular weight is 424 g/mol. The Hall–Kier alpha value is -3.19. The third kappa shape index (κ3) is 3.06. The lowest BCUT2D eigenvalue weighted by atomic mass is 10.0. The Labute approximate surface area is 162 Å². The summed E-state index contributed by atoms with van der Waals surface area (Å²) in [5.74, 6) is -0.564. The number of hydrogen-bond acceptors (Lipinski definition) is 4. The van der Waals surface area contributed by atoms with Crippen LogP contribution in [0.25, 0.3) is 28.0 Å². The van der Waals surface area contributed by atoms with Crippen molar-refractivity contribution in [2.45, 2.75) is 0 Å². The summed E-state index contributed by atoms with van der Waals surface area (Å²) in [7, 11) is 1.28. The van der Waals surface area contributed by atoms with Gasteiger partial charge in [0.1, 0.15) is 5.69 Å². The van der Waals surface area contributed by atoms with Crippen molar-refractivity contribution < 1.29 is 9.53 Å². The van der Waals surface area contributed by atoms with E-state index in [1.165, 1.54) is 17.7 Å². The number of carbonyl (C=O) groups is 1. The number of carbonyl (C=O) groups excluding carboxylic acids is 1. The number of ether oxygens (including phenoxy) is 1. The molecule has 27 heavy (non-hydrogen) atoms. The van der Waals surface area contributed by atoms with Crippen molar-refractivity contribution in [1.82, 2.24) is 14.6 Å². The summed E-state index contributed by atoms with van der Waals surface area (Å²) in [4.78, 5) is 29.7. The van der Waals surface area contributed by atoms with Crippen molar-refractivity contribution in [3.05, 3.63) is 81.2 Å². The summed E-state index contributed by atoms with van der Waals surface area (Å²) in [5, 5.41) is 2.77. The number of hydrogen-bond donors (Lipinski definition) is 1. The molecule has 0 saturated heterocycles. The molecular weight excluding hydrogens is 410 g/mol. The maximum atomic E-state index is 13.2.